The highest BCUT2D eigenvalue weighted by molar-refractivity contribution is 5.94. The molecule has 0 aromatic heterocycles. The number of rotatable bonds is 6. The summed E-state index contributed by atoms with van der Waals surface area (Å²) in [6.07, 6.45) is 2.11. The third kappa shape index (κ3) is 4.40. The van der Waals surface area contributed by atoms with Crippen molar-refractivity contribution in [3.05, 3.63) is 63.7 Å². The molecule has 7 nitrogen and oxygen atoms in total. The lowest BCUT2D eigenvalue weighted by molar-refractivity contribution is -0.384. The van der Waals surface area contributed by atoms with E-state index in [1.165, 1.54) is 5.56 Å². The van der Waals surface area contributed by atoms with E-state index in [-0.39, 0.29) is 16.5 Å². The quantitative estimate of drug-likeness (QED) is 0.571. The molecule has 1 N–H and O–H groups in total. The van der Waals surface area contributed by atoms with Gasteiger partial charge in [0, 0.05) is 49.5 Å². The maximum Gasteiger partial charge on any atom is 0.292 e. The average Bonchev–Trinajstić information content (AvgIpc) is 3.57. The minimum atomic E-state index is -0.338. The zero-order valence-corrected chi connectivity index (χ0v) is 17.5. The topological polar surface area (TPSA) is 78.7 Å². The summed E-state index contributed by atoms with van der Waals surface area (Å²) in [5, 5.41) is 14.6. The van der Waals surface area contributed by atoms with Crippen LogP contribution in [-0.4, -0.2) is 48.0 Å². The van der Waals surface area contributed by atoms with Crippen LogP contribution in [0.2, 0.25) is 0 Å². The van der Waals surface area contributed by atoms with Crippen LogP contribution in [0, 0.1) is 10.1 Å². The van der Waals surface area contributed by atoms with E-state index in [0.29, 0.717) is 43.8 Å². The zero-order valence-electron chi connectivity index (χ0n) is 17.5. The third-order valence-electron chi connectivity index (χ3n) is 5.87. The second kappa shape index (κ2) is 8.34. The lowest BCUT2D eigenvalue weighted by atomic mass is 10.0. The molecule has 1 amide bonds. The number of carbonyl (C=O) groups excluding carboxylic acids is 1. The van der Waals surface area contributed by atoms with E-state index in [4.69, 9.17) is 0 Å². The molecule has 2 aromatic carbocycles. The molecule has 0 atom stereocenters. The number of nitro benzene ring substituents is 1. The van der Waals surface area contributed by atoms with Crippen molar-refractivity contribution in [3.8, 4) is 0 Å². The number of benzene rings is 2. The molecule has 7 heteroatoms. The number of carbonyl (C=O) groups is 1. The van der Waals surface area contributed by atoms with Crippen LogP contribution >= 0.6 is 0 Å². The molecule has 0 spiro atoms. The summed E-state index contributed by atoms with van der Waals surface area (Å²) in [5.41, 5.74) is 3.61. The summed E-state index contributed by atoms with van der Waals surface area (Å²) in [6.45, 7) is 6.95. The van der Waals surface area contributed by atoms with E-state index in [0.717, 1.165) is 24.1 Å². The van der Waals surface area contributed by atoms with E-state index >= 15 is 0 Å². The fraction of sp³-hybridized carbons (Fsp3) is 0.435. The van der Waals surface area contributed by atoms with Crippen molar-refractivity contribution in [2.24, 2.45) is 0 Å². The van der Waals surface area contributed by atoms with Crippen molar-refractivity contribution in [2.45, 2.75) is 38.6 Å². The minimum Gasteiger partial charge on any atom is -0.377 e. The number of anilines is 2. The monoisotopic (exact) mass is 408 g/mol. The van der Waals surface area contributed by atoms with Gasteiger partial charge in [-0.15, -0.1) is 0 Å². The zero-order chi connectivity index (χ0) is 21.3. The summed E-state index contributed by atoms with van der Waals surface area (Å²) in [5.74, 6) is 0.503. The third-order valence-corrected chi connectivity index (χ3v) is 5.87. The Morgan fingerprint density at radius 2 is 1.73 bits per heavy atom. The Morgan fingerprint density at radius 3 is 2.30 bits per heavy atom. The molecular weight excluding hydrogens is 380 g/mol. The molecule has 30 heavy (non-hydrogen) atoms. The van der Waals surface area contributed by atoms with Crippen LogP contribution in [0.4, 0.5) is 17.1 Å². The first-order valence-electron chi connectivity index (χ1n) is 10.6. The first-order chi connectivity index (χ1) is 14.4. The van der Waals surface area contributed by atoms with Gasteiger partial charge in [0.2, 0.25) is 0 Å². The second-order valence-corrected chi connectivity index (χ2v) is 8.43. The maximum atomic E-state index is 12.8. The van der Waals surface area contributed by atoms with Crippen LogP contribution in [0.3, 0.4) is 0 Å². The van der Waals surface area contributed by atoms with Gasteiger partial charge in [0.05, 0.1) is 4.92 Å². The largest absolute Gasteiger partial charge is 0.377 e. The number of amides is 1. The van der Waals surface area contributed by atoms with E-state index in [1.54, 1.807) is 12.1 Å². The lowest BCUT2D eigenvalue weighted by Gasteiger charge is -2.36. The Hall–Kier alpha value is -3.09. The number of nitrogens with zero attached hydrogens (tertiary/aromatic N) is 3. The van der Waals surface area contributed by atoms with Crippen molar-refractivity contribution in [3.63, 3.8) is 0 Å². The van der Waals surface area contributed by atoms with Crippen LogP contribution in [0.1, 0.15) is 48.5 Å². The van der Waals surface area contributed by atoms with E-state index in [9.17, 15) is 14.9 Å². The fourth-order valence-electron chi connectivity index (χ4n) is 3.80. The van der Waals surface area contributed by atoms with Gasteiger partial charge in [-0.1, -0.05) is 26.0 Å². The molecule has 2 aliphatic rings. The molecule has 1 heterocycles. The molecule has 1 aliphatic heterocycles. The van der Waals surface area contributed by atoms with Crippen LogP contribution < -0.4 is 10.2 Å². The van der Waals surface area contributed by atoms with Crippen molar-refractivity contribution in [1.29, 1.82) is 0 Å². The number of nitro groups is 1. The van der Waals surface area contributed by atoms with Gasteiger partial charge < -0.3 is 15.1 Å². The average molecular weight is 409 g/mol. The highest BCUT2D eigenvalue weighted by atomic mass is 16.6. The first-order valence-corrected chi connectivity index (χ1v) is 10.6. The number of hydrogen-bond donors (Lipinski definition) is 1. The maximum absolute atomic E-state index is 12.8. The van der Waals surface area contributed by atoms with Gasteiger partial charge in [-0.25, -0.2) is 0 Å². The molecule has 1 saturated carbocycles. The molecule has 0 unspecified atom stereocenters. The van der Waals surface area contributed by atoms with Crippen molar-refractivity contribution in [1.82, 2.24) is 4.90 Å². The van der Waals surface area contributed by atoms with Gasteiger partial charge in [-0.3, -0.25) is 14.9 Å². The normalized spacial score (nSPS) is 16.6. The predicted octanol–water partition coefficient (Wildman–Crippen LogP) is 4.25. The Kier molecular flexibility index (Phi) is 5.61. The standard InChI is InChI=1S/C23H28N4O3/c1-16(2)17-3-5-18(6-4-17)23(28)26-13-11-25(12-14-26)20-9-10-22(27(29)30)21(15-20)24-19-7-8-19/h3-6,9-10,15-16,19,24H,7-8,11-14H2,1-2H3. The van der Waals surface area contributed by atoms with Gasteiger partial charge >= 0.3 is 0 Å². The Morgan fingerprint density at radius 1 is 1.07 bits per heavy atom. The molecule has 0 radical (unpaired) electrons. The first kappa shape index (κ1) is 20.2. The Bertz CT molecular complexity index is 930. The summed E-state index contributed by atoms with van der Waals surface area (Å²) in [4.78, 5) is 27.9. The summed E-state index contributed by atoms with van der Waals surface area (Å²) < 4.78 is 0. The van der Waals surface area contributed by atoms with E-state index in [2.05, 4.69) is 24.1 Å². The molecule has 4 rings (SSSR count). The molecular formula is C23H28N4O3. The van der Waals surface area contributed by atoms with Crippen molar-refractivity contribution >= 4 is 23.0 Å². The van der Waals surface area contributed by atoms with Crippen LogP contribution in [-0.2, 0) is 0 Å². The van der Waals surface area contributed by atoms with Gasteiger partial charge in [-0.2, -0.15) is 0 Å². The Labute approximate surface area is 176 Å². The predicted molar refractivity (Wildman–Crippen MR) is 118 cm³/mol. The molecule has 1 aliphatic carbocycles. The van der Waals surface area contributed by atoms with Crippen LogP contribution in [0.25, 0.3) is 0 Å². The molecule has 0 bridgehead atoms. The molecule has 158 valence electrons. The lowest BCUT2D eigenvalue weighted by Crippen LogP contribution is -2.48. The smallest absolute Gasteiger partial charge is 0.292 e. The summed E-state index contributed by atoms with van der Waals surface area (Å²) in [7, 11) is 0. The summed E-state index contributed by atoms with van der Waals surface area (Å²) in [6, 6.07) is 13.5. The van der Waals surface area contributed by atoms with Gasteiger partial charge in [0.1, 0.15) is 5.69 Å². The molecule has 2 fully saturated rings. The highest BCUT2D eigenvalue weighted by Crippen LogP contribution is 2.34. The van der Waals surface area contributed by atoms with Crippen molar-refractivity contribution in [2.75, 3.05) is 36.4 Å². The number of nitrogens with one attached hydrogen (secondary N) is 1. The van der Waals surface area contributed by atoms with Gasteiger partial charge in [-0.05, 0) is 48.6 Å². The molecule has 1 saturated heterocycles. The van der Waals surface area contributed by atoms with Crippen LogP contribution in [0.15, 0.2) is 42.5 Å². The fourth-order valence-corrected chi connectivity index (χ4v) is 3.80. The minimum absolute atomic E-state index is 0.0599. The van der Waals surface area contributed by atoms with Crippen LogP contribution in [0.5, 0.6) is 0 Å². The second-order valence-electron chi connectivity index (χ2n) is 8.43. The van der Waals surface area contributed by atoms with Gasteiger partial charge in [0.25, 0.3) is 11.6 Å². The summed E-state index contributed by atoms with van der Waals surface area (Å²) >= 11 is 0. The Balaban J connectivity index is 1.41. The number of piperazine rings is 1. The highest BCUT2D eigenvalue weighted by Gasteiger charge is 2.27. The van der Waals surface area contributed by atoms with E-state index < -0.39 is 0 Å². The van der Waals surface area contributed by atoms with E-state index in [1.807, 2.05) is 35.2 Å². The number of hydrogen-bond acceptors (Lipinski definition) is 5. The molecule has 2 aromatic rings. The SMILES string of the molecule is CC(C)c1ccc(C(=O)N2CCN(c3ccc([N+](=O)[O-])c(NC4CC4)c3)CC2)cc1. The van der Waals surface area contributed by atoms with Gasteiger partial charge in [0.15, 0.2) is 0 Å². The van der Waals surface area contributed by atoms with Crippen molar-refractivity contribution < 1.29 is 9.72 Å².